The summed E-state index contributed by atoms with van der Waals surface area (Å²) < 4.78 is 46.1. The van der Waals surface area contributed by atoms with Gasteiger partial charge in [-0.15, -0.1) is 0 Å². The summed E-state index contributed by atoms with van der Waals surface area (Å²) in [5.74, 6) is -1.10. The van der Waals surface area contributed by atoms with E-state index in [1.807, 2.05) is 0 Å². The van der Waals surface area contributed by atoms with Crippen LogP contribution in [0.3, 0.4) is 0 Å². The number of amides is 1. The van der Waals surface area contributed by atoms with Gasteiger partial charge in [0.1, 0.15) is 5.82 Å². The number of ether oxygens (including phenoxy) is 1. The van der Waals surface area contributed by atoms with Crippen LogP contribution in [0.4, 0.5) is 10.1 Å². The first-order valence-corrected chi connectivity index (χ1v) is 9.99. The Morgan fingerprint density at radius 2 is 1.81 bits per heavy atom. The van der Waals surface area contributed by atoms with Crippen molar-refractivity contribution in [2.75, 3.05) is 31.6 Å². The SMILES string of the molecule is Cc1ccc(NC(=O)c2cc(S(=O)(=O)N3CCOCC3)ccc2C)c(F)c1. The number of carbonyl (C=O) groups excluding carboxylic acids is 1. The maximum atomic E-state index is 14.0. The number of hydrogen-bond donors (Lipinski definition) is 1. The van der Waals surface area contributed by atoms with Crippen LogP contribution >= 0.6 is 0 Å². The van der Waals surface area contributed by atoms with Gasteiger partial charge in [0.05, 0.1) is 23.8 Å². The van der Waals surface area contributed by atoms with E-state index in [0.717, 1.165) is 5.56 Å². The van der Waals surface area contributed by atoms with E-state index in [4.69, 9.17) is 4.74 Å². The number of halogens is 1. The maximum absolute atomic E-state index is 14.0. The summed E-state index contributed by atoms with van der Waals surface area (Å²) >= 11 is 0. The molecule has 2 aromatic rings. The molecule has 1 aliphatic rings. The minimum Gasteiger partial charge on any atom is -0.379 e. The Morgan fingerprint density at radius 1 is 1.11 bits per heavy atom. The monoisotopic (exact) mass is 392 g/mol. The number of nitrogens with one attached hydrogen (secondary N) is 1. The van der Waals surface area contributed by atoms with Gasteiger partial charge in [-0.05, 0) is 49.2 Å². The molecule has 1 aliphatic heterocycles. The molecule has 0 spiro atoms. The number of anilines is 1. The molecule has 6 nitrogen and oxygen atoms in total. The van der Waals surface area contributed by atoms with Gasteiger partial charge < -0.3 is 10.1 Å². The topological polar surface area (TPSA) is 75.7 Å². The van der Waals surface area contributed by atoms with Gasteiger partial charge in [0.2, 0.25) is 10.0 Å². The molecule has 1 heterocycles. The second-order valence-corrected chi connectivity index (χ2v) is 8.37. The Kier molecular flexibility index (Phi) is 5.59. The molecule has 3 rings (SSSR count). The molecule has 1 fully saturated rings. The van der Waals surface area contributed by atoms with Crippen LogP contribution in [0.15, 0.2) is 41.3 Å². The molecule has 1 saturated heterocycles. The normalized spacial score (nSPS) is 15.5. The zero-order valence-corrected chi connectivity index (χ0v) is 16.0. The van der Waals surface area contributed by atoms with E-state index in [1.54, 1.807) is 26.0 Å². The summed E-state index contributed by atoms with van der Waals surface area (Å²) in [7, 11) is -3.72. The largest absolute Gasteiger partial charge is 0.379 e. The van der Waals surface area contributed by atoms with Crippen LogP contribution in [0.5, 0.6) is 0 Å². The molecule has 0 aliphatic carbocycles. The quantitative estimate of drug-likeness (QED) is 0.868. The van der Waals surface area contributed by atoms with Crippen LogP contribution < -0.4 is 5.32 Å². The number of morpholine rings is 1. The molecule has 0 unspecified atom stereocenters. The fourth-order valence-electron chi connectivity index (χ4n) is 2.85. The third-order valence-electron chi connectivity index (χ3n) is 4.43. The zero-order chi connectivity index (χ0) is 19.6. The van der Waals surface area contributed by atoms with Gasteiger partial charge in [-0.1, -0.05) is 12.1 Å². The Balaban J connectivity index is 1.89. The first-order valence-electron chi connectivity index (χ1n) is 8.55. The van der Waals surface area contributed by atoms with E-state index in [0.29, 0.717) is 18.8 Å². The first-order chi connectivity index (χ1) is 12.8. The predicted molar refractivity (Wildman–Crippen MR) is 99.8 cm³/mol. The number of hydrogen-bond acceptors (Lipinski definition) is 4. The van der Waals surface area contributed by atoms with E-state index < -0.39 is 21.7 Å². The highest BCUT2D eigenvalue weighted by Crippen LogP contribution is 2.22. The Bertz CT molecular complexity index is 970. The highest BCUT2D eigenvalue weighted by atomic mass is 32.2. The molecule has 1 amide bonds. The number of benzene rings is 2. The standard InChI is InChI=1S/C19H21FN2O4S/c1-13-3-6-18(17(20)11-13)21-19(23)16-12-15(5-4-14(16)2)27(24,25)22-7-9-26-10-8-22/h3-6,11-12H,7-10H2,1-2H3,(H,21,23). The van der Waals surface area contributed by atoms with Gasteiger partial charge in [0, 0.05) is 18.7 Å². The average molecular weight is 392 g/mol. The molecule has 0 bridgehead atoms. The molecule has 144 valence electrons. The molecular weight excluding hydrogens is 371 g/mol. The van der Waals surface area contributed by atoms with Crippen LogP contribution in [0.1, 0.15) is 21.5 Å². The van der Waals surface area contributed by atoms with Gasteiger partial charge in [-0.2, -0.15) is 4.31 Å². The molecule has 0 saturated carbocycles. The lowest BCUT2D eigenvalue weighted by Gasteiger charge is -2.26. The van der Waals surface area contributed by atoms with Crippen molar-refractivity contribution in [3.63, 3.8) is 0 Å². The summed E-state index contributed by atoms with van der Waals surface area (Å²) in [6.45, 7) is 4.67. The summed E-state index contributed by atoms with van der Waals surface area (Å²) in [5.41, 5.74) is 1.57. The van der Waals surface area contributed by atoms with Gasteiger partial charge in [-0.25, -0.2) is 12.8 Å². The summed E-state index contributed by atoms with van der Waals surface area (Å²) in [6.07, 6.45) is 0. The summed E-state index contributed by atoms with van der Waals surface area (Å²) in [6, 6.07) is 8.87. The van der Waals surface area contributed by atoms with Crippen molar-refractivity contribution in [1.82, 2.24) is 4.31 Å². The number of sulfonamides is 1. The van der Waals surface area contributed by atoms with Gasteiger partial charge in [0.25, 0.3) is 5.91 Å². The van der Waals surface area contributed by atoms with Crippen LogP contribution in [-0.2, 0) is 14.8 Å². The van der Waals surface area contributed by atoms with Crippen molar-refractivity contribution in [2.24, 2.45) is 0 Å². The predicted octanol–water partition coefficient (Wildman–Crippen LogP) is 2.72. The highest BCUT2D eigenvalue weighted by molar-refractivity contribution is 7.89. The minimum atomic E-state index is -3.72. The first kappa shape index (κ1) is 19.5. The van der Waals surface area contributed by atoms with Crippen molar-refractivity contribution >= 4 is 21.6 Å². The summed E-state index contributed by atoms with van der Waals surface area (Å²) in [5, 5.41) is 2.51. The van der Waals surface area contributed by atoms with Crippen molar-refractivity contribution < 1.29 is 22.3 Å². The molecule has 0 atom stereocenters. The number of carbonyl (C=O) groups is 1. The second kappa shape index (κ2) is 7.75. The van der Waals surface area contributed by atoms with Crippen LogP contribution in [0.25, 0.3) is 0 Å². The fraction of sp³-hybridized carbons (Fsp3) is 0.316. The molecular formula is C19H21FN2O4S. The van der Waals surface area contributed by atoms with Crippen LogP contribution in [0, 0.1) is 19.7 Å². The number of aryl methyl sites for hydroxylation is 2. The van der Waals surface area contributed by atoms with Crippen LogP contribution in [-0.4, -0.2) is 44.9 Å². The Hall–Kier alpha value is -2.29. The molecule has 27 heavy (non-hydrogen) atoms. The summed E-state index contributed by atoms with van der Waals surface area (Å²) in [4.78, 5) is 12.7. The maximum Gasteiger partial charge on any atom is 0.256 e. The van der Waals surface area contributed by atoms with E-state index in [2.05, 4.69) is 5.32 Å². The molecule has 8 heteroatoms. The lowest BCUT2D eigenvalue weighted by molar-refractivity contribution is 0.0730. The van der Waals surface area contributed by atoms with Crippen LogP contribution in [0.2, 0.25) is 0 Å². The molecule has 0 aromatic heterocycles. The van der Waals surface area contributed by atoms with E-state index >= 15 is 0 Å². The van der Waals surface area contributed by atoms with E-state index in [1.165, 1.54) is 28.6 Å². The van der Waals surface area contributed by atoms with Crippen molar-refractivity contribution in [3.8, 4) is 0 Å². The lowest BCUT2D eigenvalue weighted by atomic mass is 10.1. The van der Waals surface area contributed by atoms with Gasteiger partial charge >= 0.3 is 0 Å². The van der Waals surface area contributed by atoms with Crippen molar-refractivity contribution in [2.45, 2.75) is 18.7 Å². The molecule has 0 radical (unpaired) electrons. The lowest BCUT2D eigenvalue weighted by Crippen LogP contribution is -2.40. The fourth-order valence-corrected chi connectivity index (χ4v) is 4.29. The average Bonchev–Trinajstić information content (AvgIpc) is 2.65. The second-order valence-electron chi connectivity index (χ2n) is 6.43. The Labute approximate surface area is 158 Å². The van der Waals surface area contributed by atoms with Gasteiger partial charge in [-0.3, -0.25) is 4.79 Å². The minimum absolute atomic E-state index is 0.0320. The molecule has 2 aromatic carbocycles. The highest BCUT2D eigenvalue weighted by Gasteiger charge is 2.27. The van der Waals surface area contributed by atoms with E-state index in [9.17, 15) is 17.6 Å². The number of rotatable bonds is 4. The third kappa shape index (κ3) is 4.18. The Morgan fingerprint density at radius 3 is 2.48 bits per heavy atom. The zero-order valence-electron chi connectivity index (χ0n) is 15.2. The van der Waals surface area contributed by atoms with Crippen molar-refractivity contribution in [1.29, 1.82) is 0 Å². The van der Waals surface area contributed by atoms with Gasteiger partial charge in [0.15, 0.2) is 0 Å². The number of nitrogens with zero attached hydrogens (tertiary/aromatic N) is 1. The third-order valence-corrected chi connectivity index (χ3v) is 6.33. The smallest absolute Gasteiger partial charge is 0.256 e. The van der Waals surface area contributed by atoms with Crippen molar-refractivity contribution in [3.05, 3.63) is 58.9 Å². The molecule has 1 N–H and O–H groups in total. The van der Waals surface area contributed by atoms with E-state index in [-0.39, 0.29) is 29.2 Å².